The number of unbranched alkanes of at least 4 members (excludes halogenated alkanes) is 2. The number of oxime groups is 1. The molecule has 0 fully saturated rings. The first-order valence-electron chi connectivity index (χ1n) is 10.0. The Balaban J connectivity index is 1.67. The van der Waals surface area contributed by atoms with Crippen LogP contribution in [0.1, 0.15) is 49.7 Å². The molecule has 0 aliphatic heterocycles. The summed E-state index contributed by atoms with van der Waals surface area (Å²) in [5.41, 5.74) is 2.11. The number of aryl methyl sites for hydroxylation is 1. The standard InChI is InChI=1S/C22H26N6O2/c1-3-4-6-14-20(29)26-19-13-9-12-18(25-19)15-30-27-21(17-10-7-5-8-11-17)22-23-16-24-28(22)2/h5,7-13,16H,3-4,6,14-15H2,1-2H3,(H,25,26,29)/b27-21-. The number of anilines is 1. The molecular formula is C22H26N6O2. The molecule has 30 heavy (non-hydrogen) atoms. The normalized spacial score (nSPS) is 11.3. The van der Waals surface area contributed by atoms with E-state index in [4.69, 9.17) is 4.84 Å². The van der Waals surface area contributed by atoms with Crippen molar-refractivity contribution in [2.75, 3.05) is 5.32 Å². The van der Waals surface area contributed by atoms with Crippen LogP contribution in [-0.2, 0) is 23.3 Å². The molecule has 8 heteroatoms. The van der Waals surface area contributed by atoms with Gasteiger partial charge in [0.05, 0.1) is 5.69 Å². The van der Waals surface area contributed by atoms with E-state index >= 15 is 0 Å². The quantitative estimate of drug-likeness (QED) is 0.315. The van der Waals surface area contributed by atoms with Gasteiger partial charge in [-0.25, -0.2) is 14.6 Å². The van der Waals surface area contributed by atoms with E-state index in [1.807, 2.05) is 42.5 Å². The molecule has 0 saturated carbocycles. The number of hydrogen-bond donors (Lipinski definition) is 1. The maximum absolute atomic E-state index is 12.0. The van der Waals surface area contributed by atoms with Crippen LogP contribution >= 0.6 is 0 Å². The van der Waals surface area contributed by atoms with Gasteiger partial charge in [-0.15, -0.1) is 0 Å². The molecule has 2 heterocycles. The van der Waals surface area contributed by atoms with E-state index < -0.39 is 0 Å². The lowest BCUT2D eigenvalue weighted by Crippen LogP contribution is -2.13. The van der Waals surface area contributed by atoms with E-state index in [0.29, 0.717) is 29.5 Å². The summed E-state index contributed by atoms with van der Waals surface area (Å²) >= 11 is 0. The minimum absolute atomic E-state index is 0.0271. The van der Waals surface area contributed by atoms with Crippen LogP contribution in [0.15, 0.2) is 60.0 Å². The van der Waals surface area contributed by atoms with Crippen molar-refractivity contribution in [2.45, 2.75) is 39.2 Å². The van der Waals surface area contributed by atoms with Crippen molar-refractivity contribution in [3.05, 3.63) is 71.9 Å². The van der Waals surface area contributed by atoms with Gasteiger partial charge in [0.2, 0.25) is 5.91 Å². The Kier molecular flexibility index (Phi) is 7.65. The first-order chi connectivity index (χ1) is 14.7. The van der Waals surface area contributed by atoms with Gasteiger partial charge in [0.1, 0.15) is 12.1 Å². The van der Waals surface area contributed by atoms with Crippen LogP contribution in [0, 0.1) is 0 Å². The Labute approximate surface area is 176 Å². The van der Waals surface area contributed by atoms with E-state index in [-0.39, 0.29) is 12.5 Å². The zero-order valence-corrected chi connectivity index (χ0v) is 17.3. The lowest BCUT2D eigenvalue weighted by Gasteiger charge is -2.08. The monoisotopic (exact) mass is 406 g/mol. The Morgan fingerprint density at radius 3 is 2.70 bits per heavy atom. The van der Waals surface area contributed by atoms with Crippen LogP contribution in [0.3, 0.4) is 0 Å². The largest absolute Gasteiger partial charge is 0.389 e. The number of carbonyl (C=O) groups is 1. The Bertz CT molecular complexity index is 984. The van der Waals surface area contributed by atoms with Crippen LogP contribution in [0.5, 0.6) is 0 Å². The number of rotatable bonds is 10. The molecule has 0 aliphatic carbocycles. The topological polar surface area (TPSA) is 94.3 Å². The maximum atomic E-state index is 12.0. The second-order valence-corrected chi connectivity index (χ2v) is 6.81. The molecule has 3 rings (SSSR count). The van der Waals surface area contributed by atoms with Gasteiger partial charge in [-0.2, -0.15) is 5.10 Å². The zero-order chi connectivity index (χ0) is 21.2. The van der Waals surface area contributed by atoms with E-state index in [2.05, 4.69) is 32.5 Å². The second-order valence-electron chi connectivity index (χ2n) is 6.81. The highest BCUT2D eigenvalue weighted by Crippen LogP contribution is 2.11. The predicted octanol–water partition coefficient (Wildman–Crippen LogP) is 3.70. The second kappa shape index (κ2) is 10.8. The molecule has 2 aromatic heterocycles. The Morgan fingerprint density at radius 2 is 1.97 bits per heavy atom. The number of amides is 1. The molecule has 156 valence electrons. The van der Waals surface area contributed by atoms with E-state index in [1.54, 1.807) is 17.8 Å². The van der Waals surface area contributed by atoms with Gasteiger partial charge in [0.25, 0.3) is 0 Å². The highest BCUT2D eigenvalue weighted by Gasteiger charge is 2.13. The van der Waals surface area contributed by atoms with Crippen LogP contribution in [0.25, 0.3) is 0 Å². The third kappa shape index (κ3) is 5.97. The fraction of sp³-hybridized carbons (Fsp3) is 0.318. The molecule has 1 N–H and O–H groups in total. The average Bonchev–Trinajstić information content (AvgIpc) is 3.18. The number of pyridine rings is 1. The highest BCUT2D eigenvalue weighted by atomic mass is 16.6. The molecule has 1 aromatic carbocycles. The number of aromatic nitrogens is 4. The predicted molar refractivity (Wildman–Crippen MR) is 115 cm³/mol. The van der Waals surface area contributed by atoms with E-state index in [9.17, 15) is 4.79 Å². The zero-order valence-electron chi connectivity index (χ0n) is 17.3. The third-order valence-corrected chi connectivity index (χ3v) is 4.42. The summed E-state index contributed by atoms with van der Waals surface area (Å²) < 4.78 is 1.64. The van der Waals surface area contributed by atoms with Gasteiger partial charge in [0, 0.05) is 19.0 Å². The molecule has 0 unspecified atom stereocenters. The van der Waals surface area contributed by atoms with E-state index in [0.717, 1.165) is 24.8 Å². The molecule has 1 amide bonds. The Hall–Kier alpha value is -3.55. The molecule has 0 bridgehead atoms. The van der Waals surface area contributed by atoms with Crippen molar-refractivity contribution in [3.63, 3.8) is 0 Å². The van der Waals surface area contributed by atoms with Gasteiger partial charge in [0.15, 0.2) is 18.1 Å². The average molecular weight is 406 g/mol. The summed E-state index contributed by atoms with van der Waals surface area (Å²) in [6.07, 6.45) is 4.98. The van der Waals surface area contributed by atoms with Gasteiger partial charge < -0.3 is 10.2 Å². The smallest absolute Gasteiger partial charge is 0.225 e. The lowest BCUT2D eigenvalue weighted by molar-refractivity contribution is -0.116. The summed E-state index contributed by atoms with van der Waals surface area (Å²) in [4.78, 5) is 26.3. The molecule has 0 radical (unpaired) electrons. The molecule has 0 spiro atoms. The van der Waals surface area contributed by atoms with Crippen molar-refractivity contribution < 1.29 is 9.63 Å². The summed E-state index contributed by atoms with van der Waals surface area (Å²) in [5.74, 6) is 1.08. The van der Waals surface area contributed by atoms with Crippen molar-refractivity contribution in [1.82, 2.24) is 19.7 Å². The highest BCUT2D eigenvalue weighted by molar-refractivity contribution is 6.10. The SMILES string of the molecule is CCCCCC(=O)Nc1cccc(CO/N=C(/c2ccccc2)c2ncnn2C)n1. The summed E-state index contributed by atoms with van der Waals surface area (Å²) in [7, 11) is 1.80. The molecule has 8 nitrogen and oxygen atoms in total. The van der Waals surface area contributed by atoms with Crippen LogP contribution < -0.4 is 5.32 Å². The molecule has 0 atom stereocenters. The molecule has 3 aromatic rings. The van der Waals surface area contributed by atoms with E-state index in [1.165, 1.54) is 6.33 Å². The van der Waals surface area contributed by atoms with Crippen molar-refractivity contribution in [3.8, 4) is 0 Å². The molecular weight excluding hydrogens is 380 g/mol. The number of benzene rings is 1. The number of carbonyl (C=O) groups excluding carboxylic acids is 1. The summed E-state index contributed by atoms with van der Waals surface area (Å²) in [6.45, 7) is 2.27. The minimum atomic E-state index is -0.0271. The molecule has 0 saturated heterocycles. The number of nitrogens with one attached hydrogen (secondary N) is 1. The van der Waals surface area contributed by atoms with Crippen LogP contribution in [0.2, 0.25) is 0 Å². The van der Waals surface area contributed by atoms with Gasteiger partial charge in [-0.3, -0.25) is 4.79 Å². The van der Waals surface area contributed by atoms with Crippen LogP contribution in [0.4, 0.5) is 5.82 Å². The first kappa shape index (κ1) is 21.2. The minimum Gasteiger partial charge on any atom is -0.389 e. The van der Waals surface area contributed by atoms with Crippen molar-refractivity contribution in [1.29, 1.82) is 0 Å². The molecule has 0 aliphatic rings. The summed E-state index contributed by atoms with van der Waals surface area (Å²) in [5, 5.41) is 11.2. The van der Waals surface area contributed by atoms with Gasteiger partial charge in [-0.1, -0.05) is 61.3 Å². The van der Waals surface area contributed by atoms with Crippen LogP contribution in [-0.4, -0.2) is 31.4 Å². The summed E-state index contributed by atoms with van der Waals surface area (Å²) in [6, 6.07) is 15.1. The van der Waals surface area contributed by atoms with Gasteiger partial charge in [-0.05, 0) is 18.6 Å². The fourth-order valence-electron chi connectivity index (χ4n) is 2.86. The third-order valence-electron chi connectivity index (χ3n) is 4.42. The number of nitrogens with zero attached hydrogens (tertiary/aromatic N) is 5. The van der Waals surface area contributed by atoms with Crippen molar-refractivity contribution >= 4 is 17.4 Å². The maximum Gasteiger partial charge on any atom is 0.225 e. The lowest BCUT2D eigenvalue weighted by atomic mass is 10.1. The first-order valence-corrected chi connectivity index (χ1v) is 10.0. The number of hydrogen-bond acceptors (Lipinski definition) is 6. The Morgan fingerprint density at radius 1 is 1.13 bits per heavy atom. The fourth-order valence-corrected chi connectivity index (χ4v) is 2.86. The van der Waals surface area contributed by atoms with Gasteiger partial charge >= 0.3 is 0 Å². The van der Waals surface area contributed by atoms with Crippen molar-refractivity contribution in [2.24, 2.45) is 12.2 Å².